The van der Waals surface area contributed by atoms with Crippen LogP contribution in [0, 0.1) is 0 Å². The monoisotopic (exact) mass is 351 g/mol. The molecule has 8 heteroatoms. The molecule has 1 aliphatic heterocycles. The number of alkyl carbamates (subject to hydrolysis) is 1. The van der Waals surface area contributed by atoms with Crippen molar-refractivity contribution in [3.63, 3.8) is 0 Å². The number of nitrogens with zero attached hydrogens (tertiary/aromatic N) is 2. The van der Waals surface area contributed by atoms with Crippen LogP contribution in [0.4, 0.5) is 4.79 Å². The summed E-state index contributed by atoms with van der Waals surface area (Å²) in [6, 6.07) is 0.121. The van der Waals surface area contributed by atoms with Crippen LogP contribution in [0.1, 0.15) is 38.5 Å². The zero-order chi connectivity index (χ0) is 17.5. The molecule has 0 atom stereocenters. The Labute approximate surface area is 147 Å². The highest BCUT2D eigenvalue weighted by Gasteiger charge is 2.26. The van der Waals surface area contributed by atoms with Gasteiger partial charge < -0.3 is 24.3 Å². The van der Waals surface area contributed by atoms with E-state index in [1.54, 1.807) is 19.5 Å². The van der Waals surface area contributed by atoms with Gasteiger partial charge in [-0.15, -0.1) is 0 Å². The number of carbonyl (C=O) groups is 1. The summed E-state index contributed by atoms with van der Waals surface area (Å²) in [6.07, 6.45) is 7.74. The van der Waals surface area contributed by atoms with Crippen molar-refractivity contribution in [1.29, 1.82) is 0 Å². The van der Waals surface area contributed by atoms with Gasteiger partial charge in [0.25, 0.3) is 11.8 Å². The molecule has 2 heterocycles. The molecule has 1 aromatic rings. The van der Waals surface area contributed by atoms with E-state index in [2.05, 4.69) is 15.3 Å². The van der Waals surface area contributed by atoms with Gasteiger partial charge in [0.05, 0.1) is 20.3 Å². The second-order valence-electron chi connectivity index (χ2n) is 6.32. The van der Waals surface area contributed by atoms with Crippen molar-refractivity contribution >= 4 is 6.09 Å². The third-order valence-corrected chi connectivity index (χ3v) is 4.54. The molecule has 1 saturated carbocycles. The Morgan fingerprint density at radius 2 is 1.72 bits per heavy atom. The SMILES string of the molecule is COc1nccnc1OC1CCC(NC(=O)OC2CCOCC2)CC1. The third-order valence-electron chi connectivity index (χ3n) is 4.54. The Balaban J connectivity index is 1.40. The van der Waals surface area contributed by atoms with Gasteiger partial charge in [-0.2, -0.15) is 0 Å². The summed E-state index contributed by atoms with van der Waals surface area (Å²) in [5.41, 5.74) is 0. The predicted molar refractivity (Wildman–Crippen MR) is 88.7 cm³/mol. The van der Waals surface area contributed by atoms with E-state index in [4.69, 9.17) is 18.9 Å². The summed E-state index contributed by atoms with van der Waals surface area (Å²) >= 11 is 0. The normalized spacial score (nSPS) is 24.4. The minimum atomic E-state index is -0.327. The van der Waals surface area contributed by atoms with E-state index in [0.29, 0.717) is 25.0 Å². The zero-order valence-electron chi connectivity index (χ0n) is 14.5. The largest absolute Gasteiger partial charge is 0.477 e. The average Bonchev–Trinajstić information content (AvgIpc) is 2.64. The first kappa shape index (κ1) is 17.7. The van der Waals surface area contributed by atoms with Crippen LogP contribution in [0.2, 0.25) is 0 Å². The maximum atomic E-state index is 12.0. The van der Waals surface area contributed by atoms with Gasteiger partial charge in [-0.25, -0.2) is 14.8 Å². The second-order valence-corrected chi connectivity index (χ2v) is 6.32. The van der Waals surface area contributed by atoms with Crippen molar-refractivity contribution in [2.45, 2.75) is 56.8 Å². The summed E-state index contributed by atoms with van der Waals surface area (Å²) in [7, 11) is 1.54. The van der Waals surface area contributed by atoms with E-state index in [1.165, 1.54) is 0 Å². The van der Waals surface area contributed by atoms with E-state index in [-0.39, 0.29) is 24.3 Å². The number of ether oxygens (including phenoxy) is 4. The summed E-state index contributed by atoms with van der Waals surface area (Å²) in [5.74, 6) is 0.808. The first-order valence-electron chi connectivity index (χ1n) is 8.81. The van der Waals surface area contributed by atoms with Crippen molar-refractivity contribution in [1.82, 2.24) is 15.3 Å². The van der Waals surface area contributed by atoms with Crippen molar-refractivity contribution in [3.8, 4) is 11.8 Å². The predicted octanol–water partition coefficient (Wildman–Crippen LogP) is 2.08. The number of amides is 1. The van der Waals surface area contributed by atoms with Gasteiger partial charge in [-0.3, -0.25) is 0 Å². The quantitative estimate of drug-likeness (QED) is 0.868. The highest BCUT2D eigenvalue weighted by atomic mass is 16.6. The molecule has 1 aliphatic carbocycles. The molecular weight excluding hydrogens is 326 g/mol. The fourth-order valence-corrected chi connectivity index (χ4v) is 3.16. The molecular formula is C17H25N3O5. The number of hydrogen-bond donors (Lipinski definition) is 1. The fourth-order valence-electron chi connectivity index (χ4n) is 3.16. The molecule has 1 amide bonds. The fraction of sp³-hybridized carbons (Fsp3) is 0.706. The Morgan fingerprint density at radius 1 is 1.04 bits per heavy atom. The van der Waals surface area contributed by atoms with Crippen LogP contribution in [-0.4, -0.2) is 54.6 Å². The molecule has 1 N–H and O–H groups in total. The number of aromatic nitrogens is 2. The maximum absolute atomic E-state index is 12.0. The van der Waals surface area contributed by atoms with Gasteiger partial charge >= 0.3 is 6.09 Å². The maximum Gasteiger partial charge on any atom is 0.407 e. The van der Waals surface area contributed by atoms with E-state index < -0.39 is 0 Å². The summed E-state index contributed by atoms with van der Waals surface area (Å²) in [5, 5.41) is 2.96. The van der Waals surface area contributed by atoms with E-state index in [1.807, 2.05) is 0 Å². The number of methoxy groups -OCH3 is 1. The van der Waals surface area contributed by atoms with Crippen molar-refractivity contribution in [2.24, 2.45) is 0 Å². The van der Waals surface area contributed by atoms with Gasteiger partial charge in [0, 0.05) is 31.3 Å². The molecule has 2 fully saturated rings. The van der Waals surface area contributed by atoms with Gasteiger partial charge in [0.15, 0.2) is 0 Å². The first-order chi connectivity index (χ1) is 12.2. The molecule has 25 heavy (non-hydrogen) atoms. The van der Waals surface area contributed by atoms with E-state index in [0.717, 1.165) is 38.5 Å². The van der Waals surface area contributed by atoms with Crippen LogP contribution < -0.4 is 14.8 Å². The topological polar surface area (TPSA) is 91.8 Å². The first-order valence-corrected chi connectivity index (χ1v) is 8.81. The Hall–Kier alpha value is -2.09. The molecule has 0 radical (unpaired) electrons. The third kappa shape index (κ3) is 5.19. The molecule has 0 unspecified atom stereocenters. The molecule has 3 rings (SSSR count). The van der Waals surface area contributed by atoms with Gasteiger partial charge in [0.1, 0.15) is 12.2 Å². The number of carbonyl (C=O) groups excluding carboxylic acids is 1. The molecule has 0 bridgehead atoms. The summed E-state index contributed by atoms with van der Waals surface area (Å²) in [6.45, 7) is 1.32. The average molecular weight is 351 g/mol. The van der Waals surface area contributed by atoms with E-state index >= 15 is 0 Å². The Morgan fingerprint density at radius 3 is 2.40 bits per heavy atom. The minimum absolute atomic E-state index is 0.0301. The molecule has 8 nitrogen and oxygen atoms in total. The van der Waals surface area contributed by atoms with Crippen LogP contribution in [-0.2, 0) is 9.47 Å². The number of hydrogen-bond acceptors (Lipinski definition) is 7. The summed E-state index contributed by atoms with van der Waals surface area (Å²) < 4.78 is 21.8. The standard InChI is InChI=1S/C17H25N3O5/c1-22-15-16(19-9-8-18-15)24-13-4-2-12(3-5-13)20-17(21)25-14-6-10-23-11-7-14/h8-9,12-14H,2-7,10-11H2,1H3,(H,20,21). The Bertz CT molecular complexity index is 557. The molecule has 2 aliphatic rings. The highest BCUT2D eigenvalue weighted by Crippen LogP contribution is 2.27. The van der Waals surface area contributed by atoms with Crippen molar-refractivity contribution in [3.05, 3.63) is 12.4 Å². The lowest BCUT2D eigenvalue weighted by Crippen LogP contribution is -2.41. The number of nitrogens with one attached hydrogen (secondary N) is 1. The molecule has 138 valence electrons. The molecule has 1 saturated heterocycles. The van der Waals surface area contributed by atoms with Crippen molar-refractivity contribution < 1.29 is 23.7 Å². The summed E-state index contributed by atoms with van der Waals surface area (Å²) in [4.78, 5) is 20.2. The van der Waals surface area contributed by atoms with Crippen LogP contribution in [0.15, 0.2) is 12.4 Å². The van der Waals surface area contributed by atoms with Crippen LogP contribution in [0.3, 0.4) is 0 Å². The van der Waals surface area contributed by atoms with E-state index in [9.17, 15) is 4.79 Å². The zero-order valence-corrected chi connectivity index (χ0v) is 14.5. The second kappa shape index (κ2) is 8.84. The smallest absolute Gasteiger partial charge is 0.407 e. The van der Waals surface area contributed by atoms with Gasteiger partial charge in [-0.1, -0.05) is 0 Å². The van der Waals surface area contributed by atoms with Crippen LogP contribution >= 0.6 is 0 Å². The molecule has 0 aromatic carbocycles. The van der Waals surface area contributed by atoms with Crippen molar-refractivity contribution in [2.75, 3.05) is 20.3 Å². The minimum Gasteiger partial charge on any atom is -0.477 e. The lowest BCUT2D eigenvalue weighted by molar-refractivity contribution is -0.0000438. The Kier molecular flexibility index (Phi) is 6.27. The lowest BCUT2D eigenvalue weighted by Gasteiger charge is -2.30. The van der Waals surface area contributed by atoms with Crippen LogP contribution in [0.25, 0.3) is 0 Å². The number of rotatable bonds is 5. The van der Waals surface area contributed by atoms with Gasteiger partial charge in [-0.05, 0) is 25.7 Å². The van der Waals surface area contributed by atoms with Gasteiger partial charge in [0.2, 0.25) is 0 Å². The molecule has 1 aromatic heterocycles. The molecule has 0 spiro atoms. The lowest BCUT2D eigenvalue weighted by atomic mass is 9.93. The van der Waals surface area contributed by atoms with Crippen LogP contribution in [0.5, 0.6) is 11.8 Å². The highest BCUT2D eigenvalue weighted by molar-refractivity contribution is 5.67.